The van der Waals surface area contributed by atoms with E-state index in [1.54, 1.807) is 14.0 Å². The Hall–Kier alpha value is -2.34. The Morgan fingerprint density at radius 2 is 2.04 bits per heavy atom. The molecule has 1 saturated heterocycles. The maximum absolute atomic E-state index is 11.8. The second-order valence-electron chi connectivity index (χ2n) is 6.22. The van der Waals surface area contributed by atoms with Crippen LogP contribution in [0.5, 0.6) is 5.75 Å². The van der Waals surface area contributed by atoms with Crippen LogP contribution < -0.4 is 4.74 Å². The van der Waals surface area contributed by atoms with Crippen LogP contribution in [0.3, 0.4) is 0 Å². The highest BCUT2D eigenvalue weighted by molar-refractivity contribution is 5.73. The molecule has 0 unspecified atom stereocenters. The van der Waals surface area contributed by atoms with Gasteiger partial charge >= 0.3 is 0 Å². The molecule has 1 aromatic heterocycles. The van der Waals surface area contributed by atoms with E-state index in [4.69, 9.17) is 4.74 Å². The van der Waals surface area contributed by atoms with Gasteiger partial charge in [0.2, 0.25) is 5.91 Å². The SMILES string of the molecule is COc1ccc([C@@H]2CN(C(C)=O)CCN2Cc2cncn2C)cc1. The number of aromatic nitrogens is 2. The van der Waals surface area contributed by atoms with Crippen molar-refractivity contribution in [2.75, 3.05) is 26.7 Å². The Kier molecular flexibility index (Phi) is 4.85. The molecule has 0 N–H and O–H groups in total. The van der Waals surface area contributed by atoms with Gasteiger partial charge in [-0.05, 0) is 17.7 Å². The molecule has 6 heteroatoms. The summed E-state index contributed by atoms with van der Waals surface area (Å²) in [5.41, 5.74) is 2.37. The molecule has 1 aliphatic rings. The number of carbonyl (C=O) groups excluding carboxylic acids is 1. The summed E-state index contributed by atoms with van der Waals surface area (Å²) in [6, 6.07) is 8.30. The molecule has 1 atom stereocenters. The molecule has 128 valence electrons. The van der Waals surface area contributed by atoms with Crippen molar-refractivity contribution >= 4 is 5.91 Å². The third-order valence-electron chi connectivity index (χ3n) is 4.72. The number of rotatable bonds is 4. The number of nitrogens with zero attached hydrogens (tertiary/aromatic N) is 4. The number of carbonyl (C=O) groups is 1. The van der Waals surface area contributed by atoms with E-state index in [1.807, 2.05) is 41.2 Å². The quantitative estimate of drug-likeness (QED) is 0.859. The van der Waals surface area contributed by atoms with Crippen LogP contribution in [-0.4, -0.2) is 52.0 Å². The molecule has 6 nitrogen and oxygen atoms in total. The van der Waals surface area contributed by atoms with E-state index in [0.29, 0.717) is 6.54 Å². The molecule has 0 saturated carbocycles. The van der Waals surface area contributed by atoms with E-state index in [0.717, 1.165) is 25.4 Å². The van der Waals surface area contributed by atoms with Crippen LogP contribution in [0.4, 0.5) is 0 Å². The molecular weight excluding hydrogens is 304 g/mol. The summed E-state index contributed by atoms with van der Waals surface area (Å²) in [6.07, 6.45) is 3.73. The Balaban J connectivity index is 1.84. The van der Waals surface area contributed by atoms with Crippen LogP contribution in [-0.2, 0) is 18.4 Å². The molecule has 1 amide bonds. The number of aryl methyl sites for hydroxylation is 1. The number of amides is 1. The highest BCUT2D eigenvalue weighted by Crippen LogP contribution is 2.28. The zero-order chi connectivity index (χ0) is 17.1. The van der Waals surface area contributed by atoms with Gasteiger partial charge in [0, 0.05) is 46.3 Å². The average Bonchev–Trinajstić information content (AvgIpc) is 3.00. The molecular formula is C18H24N4O2. The first-order valence-corrected chi connectivity index (χ1v) is 8.17. The van der Waals surface area contributed by atoms with Crippen molar-refractivity contribution in [3.63, 3.8) is 0 Å². The standard InChI is InChI=1S/C18H24N4O2/c1-14(23)21-8-9-22(11-16-10-19-13-20(16)2)18(12-21)15-4-6-17(24-3)7-5-15/h4-7,10,13,18H,8-9,11-12H2,1-3H3/t18-/m0/s1. The van der Waals surface area contributed by atoms with E-state index in [-0.39, 0.29) is 11.9 Å². The highest BCUT2D eigenvalue weighted by atomic mass is 16.5. The molecule has 0 aliphatic carbocycles. The summed E-state index contributed by atoms with van der Waals surface area (Å²) < 4.78 is 7.30. The molecule has 0 bridgehead atoms. The summed E-state index contributed by atoms with van der Waals surface area (Å²) in [4.78, 5) is 20.4. The van der Waals surface area contributed by atoms with E-state index in [9.17, 15) is 4.79 Å². The van der Waals surface area contributed by atoms with E-state index < -0.39 is 0 Å². The van der Waals surface area contributed by atoms with Gasteiger partial charge in [0.1, 0.15) is 5.75 Å². The molecule has 3 rings (SSSR count). The third-order valence-corrected chi connectivity index (χ3v) is 4.72. The number of benzene rings is 1. The lowest BCUT2D eigenvalue weighted by atomic mass is 10.0. The Morgan fingerprint density at radius 1 is 1.29 bits per heavy atom. The predicted octanol–water partition coefficient (Wildman–Crippen LogP) is 1.83. The fraction of sp³-hybridized carbons (Fsp3) is 0.444. The second-order valence-corrected chi connectivity index (χ2v) is 6.22. The van der Waals surface area contributed by atoms with Crippen molar-refractivity contribution in [2.24, 2.45) is 7.05 Å². The van der Waals surface area contributed by atoms with Gasteiger partial charge in [-0.1, -0.05) is 12.1 Å². The van der Waals surface area contributed by atoms with Gasteiger partial charge in [-0.2, -0.15) is 0 Å². The fourth-order valence-corrected chi connectivity index (χ4v) is 3.18. The third kappa shape index (κ3) is 3.43. The smallest absolute Gasteiger partial charge is 0.219 e. The van der Waals surface area contributed by atoms with E-state index in [1.165, 1.54) is 11.3 Å². The first-order chi connectivity index (χ1) is 11.6. The zero-order valence-corrected chi connectivity index (χ0v) is 14.5. The lowest BCUT2D eigenvalue weighted by Gasteiger charge is -2.41. The topological polar surface area (TPSA) is 50.6 Å². The maximum Gasteiger partial charge on any atom is 0.219 e. The highest BCUT2D eigenvalue weighted by Gasteiger charge is 2.29. The Bertz CT molecular complexity index is 695. The minimum atomic E-state index is 0.133. The van der Waals surface area contributed by atoms with Crippen molar-refractivity contribution < 1.29 is 9.53 Å². The molecule has 1 aromatic carbocycles. The number of methoxy groups -OCH3 is 1. The van der Waals surface area contributed by atoms with Crippen LogP contribution in [0, 0.1) is 0 Å². The van der Waals surface area contributed by atoms with Crippen LogP contribution in [0.2, 0.25) is 0 Å². The Morgan fingerprint density at radius 3 is 2.62 bits per heavy atom. The molecule has 0 radical (unpaired) electrons. The van der Waals surface area contributed by atoms with Crippen molar-refractivity contribution in [3.05, 3.63) is 48.0 Å². The summed E-state index contributed by atoms with van der Waals surface area (Å²) in [7, 11) is 3.68. The molecule has 0 spiro atoms. The lowest BCUT2D eigenvalue weighted by Crippen LogP contribution is -2.49. The first kappa shape index (κ1) is 16.5. The summed E-state index contributed by atoms with van der Waals surface area (Å²) in [6.45, 7) is 4.78. The summed E-state index contributed by atoms with van der Waals surface area (Å²) in [5.74, 6) is 0.977. The minimum Gasteiger partial charge on any atom is -0.497 e. The van der Waals surface area contributed by atoms with Crippen molar-refractivity contribution in [2.45, 2.75) is 19.5 Å². The maximum atomic E-state index is 11.8. The summed E-state index contributed by atoms with van der Waals surface area (Å²) in [5, 5.41) is 0. The Labute approximate surface area is 142 Å². The molecule has 24 heavy (non-hydrogen) atoms. The van der Waals surface area contributed by atoms with Gasteiger partial charge in [-0.15, -0.1) is 0 Å². The van der Waals surface area contributed by atoms with Gasteiger partial charge in [0.25, 0.3) is 0 Å². The zero-order valence-electron chi connectivity index (χ0n) is 14.5. The van der Waals surface area contributed by atoms with E-state index in [2.05, 4.69) is 22.0 Å². The van der Waals surface area contributed by atoms with Gasteiger partial charge in [0.05, 0.1) is 25.2 Å². The number of imidazole rings is 1. The second kappa shape index (κ2) is 7.05. The van der Waals surface area contributed by atoms with Gasteiger partial charge in [-0.25, -0.2) is 4.98 Å². The largest absolute Gasteiger partial charge is 0.497 e. The van der Waals surface area contributed by atoms with Crippen molar-refractivity contribution in [3.8, 4) is 5.75 Å². The van der Waals surface area contributed by atoms with Crippen LogP contribution in [0.1, 0.15) is 24.2 Å². The van der Waals surface area contributed by atoms with E-state index >= 15 is 0 Å². The number of piperazine rings is 1. The van der Waals surface area contributed by atoms with Crippen molar-refractivity contribution in [1.29, 1.82) is 0 Å². The first-order valence-electron chi connectivity index (χ1n) is 8.17. The van der Waals surface area contributed by atoms with Crippen LogP contribution >= 0.6 is 0 Å². The fourth-order valence-electron chi connectivity index (χ4n) is 3.18. The molecule has 1 fully saturated rings. The van der Waals surface area contributed by atoms with Crippen LogP contribution in [0.25, 0.3) is 0 Å². The monoisotopic (exact) mass is 328 g/mol. The minimum absolute atomic E-state index is 0.133. The normalized spacial score (nSPS) is 18.6. The molecule has 2 heterocycles. The summed E-state index contributed by atoms with van der Waals surface area (Å²) >= 11 is 0. The van der Waals surface area contributed by atoms with Gasteiger partial charge in [-0.3, -0.25) is 9.69 Å². The van der Waals surface area contributed by atoms with Gasteiger partial charge < -0.3 is 14.2 Å². The molecule has 2 aromatic rings. The predicted molar refractivity (Wildman–Crippen MR) is 91.6 cm³/mol. The molecule has 1 aliphatic heterocycles. The van der Waals surface area contributed by atoms with Crippen LogP contribution in [0.15, 0.2) is 36.8 Å². The van der Waals surface area contributed by atoms with Crippen molar-refractivity contribution in [1.82, 2.24) is 19.4 Å². The number of ether oxygens (including phenoxy) is 1. The number of hydrogen-bond acceptors (Lipinski definition) is 4. The average molecular weight is 328 g/mol. The van der Waals surface area contributed by atoms with Gasteiger partial charge in [0.15, 0.2) is 0 Å². The lowest BCUT2D eigenvalue weighted by molar-refractivity contribution is -0.132. The number of hydrogen-bond donors (Lipinski definition) is 0.